The number of rotatable bonds is 3. The molecule has 1 aliphatic carbocycles. The fraction of sp³-hybridized carbons (Fsp3) is 0.619. The lowest BCUT2D eigenvalue weighted by molar-refractivity contribution is 0.283. The molecule has 0 aliphatic heterocycles. The lowest BCUT2D eigenvalue weighted by Gasteiger charge is -2.33. The lowest BCUT2D eigenvalue weighted by atomic mass is 9.72. The highest BCUT2D eigenvalue weighted by atomic mass is 32.1. The molecule has 1 unspecified atom stereocenters. The first-order valence-corrected chi connectivity index (χ1v) is 9.19. The summed E-state index contributed by atoms with van der Waals surface area (Å²) >= 11 is 2.53. The van der Waals surface area contributed by atoms with Gasteiger partial charge in [0.15, 0.2) is 0 Å². The topological polar surface area (TPSA) is 40.5 Å². The van der Waals surface area contributed by atoms with Gasteiger partial charge in [0.1, 0.15) is 5.75 Å². The Balaban J connectivity index is 0.00000139. The number of thiol groups is 1. The Labute approximate surface area is 153 Å². The first-order chi connectivity index (χ1) is 11.1. The van der Waals surface area contributed by atoms with Crippen LogP contribution in [0.15, 0.2) is 29.8 Å². The molecule has 136 valence electrons. The van der Waals surface area contributed by atoms with Gasteiger partial charge in [-0.2, -0.15) is 0 Å². The van der Waals surface area contributed by atoms with E-state index in [1.54, 1.807) is 0 Å². The number of hydrogen-bond acceptors (Lipinski definition) is 3. The zero-order valence-corrected chi connectivity index (χ0v) is 17.0. The highest BCUT2D eigenvalue weighted by Crippen LogP contribution is 2.40. The minimum absolute atomic E-state index is 0.0760. The van der Waals surface area contributed by atoms with Crippen LogP contribution in [0.3, 0.4) is 0 Å². The zero-order valence-electron chi connectivity index (χ0n) is 16.1. The Hall–Kier alpha value is -0.930. The average Bonchev–Trinajstić information content (AvgIpc) is 2.46. The van der Waals surface area contributed by atoms with Gasteiger partial charge in [-0.25, -0.2) is 0 Å². The number of phenols is 1. The molecule has 1 aromatic rings. The van der Waals surface area contributed by atoms with Crippen molar-refractivity contribution in [1.82, 2.24) is 0 Å². The van der Waals surface area contributed by atoms with E-state index in [0.29, 0.717) is 11.7 Å². The molecule has 0 saturated carbocycles. The van der Waals surface area contributed by atoms with E-state index in [1.807, 2.05) is 6.07 Å². The van der Waals surface area contributed by atoms with Crippen LogP contribution in [0.4, 0.5) is 0 Å². The maximum Gasteiger partial charge on any atom is 0.119 e. The van der Waals surface area contributed by atoms with Crippen molar-refractivity contribution < 1.29 is 9.66 Å². The maximum absolute atomic E-state index is 10.6. The second kappa shape index (κ2) is 8.44. The molecule has 0 radical (unpaired) electrons. The summed E-state index contributed by atoms with van der Waals surface area (Å²) in [4.78, 5) is 0. The molecule has 2 nitrogen and oxygen atoms in total. The van der Waals surface area contributed by atoms with Crippen LogP contribution in [0.5, 0.6) is 5.75 Å². The van der Waals surface area contributed by atoms with Crippen LogP contribution in [0.1, 0.15) is 84.3 Å². The largest absolute Gasteiger partial charge is 0.508 e. The molecule has 2 N–H and O–H groups in total. The number of allylic oxidation sites excluding steroid dienone is 2. The van der Waals surface area contributed by atoms with Crippen LogP contribution in [0.25, 0.3) is 0 Å². The van der Waals surface area contributed by atoms with E-state index in [0.717, 1.165) is 18.4 Å². The molecule has 0 spiro atoms. The average molecular weight is 351 g/mol. The third-order valence-corrected chi connectivity index (χ3v) is 4.76. The quantitative estimate of drug-likeness (QED) is 0.322. The van der Waals surface area contributed by atoms with E-state index in [-0.39, 0.29) is 10.8 Å². The predicted octanol–water partition coefficient (Wildman–Crippen LogP) is 6.71. The van der Waals surface area contributed by atoms with Crippen molar-refractivity contribution >= 4 is 12.9 Å². The van der Waals surface area contributed by atoms with E-state index < -0.39 is 0 Å². The predicted molar refractivity (Wildman–Crippen MR) is 107 cm³/mol. The number of phenolic OH excluding ortho intramolecular Hbond substituents is 1. The van der Waals surface area contributed by atoms with Gasteiger partial charge in [0.2, 0.25) is 0 Å². The van der Waals surface area contributed by atoms with Crippen molar-refractivity contribution in [2.45, 2.75) is 78.6 Å². The van der Waals surface area contributed by atoms with Crippen LogP contribution < -0.4 is 0 Å². The van der Waals surface area contributed by atoms with Crippen molar-refractivity contribution in [2.24, 2.45) is 5.41 Å². The Morgan fingerprint density at radius 1 is 1.12 bits per heavy atom. The van der Waals surface area contributed by atoms with Gasteiger partial charge in [-0.1, -0.05) is 58.4 Å². The monoisotopic (exact) mass is 350 g/mol. The summed E-state index contributed by atoms with van der Waals surface area (Å²) in [5, 5.41) is 10.6. The Kier molecular flexibility index (Phi) is 7.43. The molecule has 1 aliphatic rings. The van der Waals surface area contributed by atoms with E-state index in [9.17, 15) is 5.11 Å². The standard InChI is InChI=1S/C21H32O.H2OS/c1-15-8-7-9-16(12-15)18-11-10-17(13-19(18)22)21(5,6)14-20(2,3)4;1-2/h10-13,16,22H,7-9,14H2,1-6H3;1-2H. The molecule has 24 heavy (non-hydrogen) atoms. The molecule has 0 heterocycles. The molecular formula is C21H34O2S. The van der Waals surface area contributed by atoms with Gasteiger partial charge in [-0.15, -0.1) is 0 Å². The molecule has 0 aromatic heterocycles. The first-order valence-electron chi connectivity index (χ1n) is 8.79. The summed E-state index contributed by atoms with van der Waals surface area (Å²) in [5.41, 5.74) is 4.13. The smallest absolute Gasteiger partial charge is 0.119 e. The van der Waals surface area contributed by atoms with Gasteiger partial charge in [-0.05, 0) is 68.0 Å². The Morgan fingerprint density at radius 2 is 1.75 bits per heavy atom. The number of aromatic hydroxyl groups is 1. The fourth-order valence-corrected chi connectivity index (χ4v) is 4.06. The molecule has 1 aromatic carbocycles. The maximum atomic E-state index is 10.6. The molecular weight excluding hydrogens is 316 g/mol. The van der Waals surface area contributed by atoms with Gasteiger partial charge in [0.25, 0.3) is 0 Å². The van der Waals surface area contributed by atoms with Crippen LogP contribution in [-0.2, 0) is 5.41 Å². The minimum atomic E-state index is 0.0760. The first kappa shape index (κ1) is 21.1. The second-order valence-corrected chi connectivity index (χ2v) is 8.91. The van der Waals surface area contributed by atoms with Crippen molar-refractivity contribution in [1.29, 1.82) is 0 Å². The van der Waals surface area contributed by atoms with E-state index >= 15 is 0 Å². The Morgan fingerprint density at radius 3 is 2.25 bits per heavy atom. The van der Waals surface area contributed by atoms with E-state index in [2.05, 4.69) is 72.7 Å². The SMILES string of the molecule is CC1=CC(c2ccc(C(C)(C)CC(C)(C)C)cc2O)CCC1.OS. The lowest BCUT2D eigenvalue weighted by Crippen LogP contribution is -2.24. The van der Waals surface area contributed by atoms with Crippen molar-refractivity contribution in [3.8, 4) is 5.75 Å². The normalized spacial score (nSPS) is 18.5. The number of benzene rings is 1. The van der Waals surface area contributed by atoms with Gasteiger partial charge < -0.3 is 9.66 Å². The van der Waals surface area contributed by atoms with Crippen molar-refractivity contribution in [2.75, 3.05) is 0 Å². The van der Waals surface area contributed by atoms with Crippen LogP contribution in [0.2, 0.25) is 0 Å². The number of hydrogen-bond donors (Lipinski definition) is 3. The summed E-state index contributed by atoms with van der Waals surface area (Å²) in [6, 6.07) is 6.37. The summed E-state index contributed by atoms with van der Waals surface area (Å²) in [6.45, 7) is 13.6. The van der Waals surface area contributed by atoms with Crippen molar-refractivity contribution in [3.63, 3.8) is 0 Å². The Bertz CT molecular complexity index is 568. The molecule has 3 heteroatoms. The van der Waals surface area contributed by atoms with E-state index in [1.165, 1.54) is 24.0 Å². The van der Waals surface area contributed by atoms with Gasteiger partial charge in [0, 0.05) is 11.5 Å². The molecule has 0 amide bonds. The summed E-state index contributed by atoms with van der Waals surface area (Å²) in [5.74, 6) is 0.851. The highest BCUT2D eigenvalue weighted by Gasteiger charge is 2.28. The highest BCUT2D eigenvalue weighted by molar-refractivity contribution is 7.74. The zero-order chi connectivity index (χ0) is 18.5. The third-order valence-electron chi connectivity index (χ3n) is 4.76. The molecule has 0 saturated heterocycles. The molecule has 0 fully saturated rings. The molecule has 0 bridgehead atoms. The van der Waals surface area contributed by atoms with Crippen LogP contribution in [0, 0.1) is 5.41 Å². The molecule has 1 atom stereocenters. The minimum Gasteiger partial charge on any atom is -0.508 e. The van der Waals surface area contributed by atoms with Gasteiger partial charge in [-0.3, -0.25) is 0 Å². The summed E-state index contributed by atoms with van der Waals surface area (Å²) in [6.07, 6.45) is 7.01. The fourth-order valence-electron chi connectivity index (χ4n) is 4.06. The summed E-state index contributed by atoms with van der Waals surface area (Å²) < 4.78 is 6.69. The van der Waals surface area contributed by atoms with Crippen LogP contribution >= 0.6 is 12.9 Å². The third kappa shape index (κ3) is 5.86. The van der Waals surface area contributed by atoms with Gasteiger partial charge in [0.05, 0.1) is 0 Å². The summed E-state index contributed by atoms with van der Waals surface area (Å²) in [7, 11) is 0. The van der Waals surface area contributed by atoms with Crippen LogP contribution in [-0.4, -0.2) is 9.66 Å². The van der Waals surface area contributed by atoms with E-state index in [4.69, 9.17) is 4.55 Å². The second-order valence-electron chi connectivity index (χ2n) is 8.91. The van der Waals surface area contributed by atoms with Gasteiger partial charge >= 0.3 is 0 Å². The van der Waals surface area contributed by atoms with Crippen molar-refractivity contribution in [3.05, 3.63) is 41.0 Å². The molecule has 2 rings (SSSR count).